The maximum Gasteiger partial charge on any atom is 0.119 e. The van der Waals surface area contributed by atoms with E-state index in [1.807, 2.05) is 38.1 Å². The molecular formula is C20H19NO. The third-order valence-electron chi connectivity index (χ3n) is 3.87. The Balaban J connectivity index is 2.46. The number of benzene rings is 2. The topological polar surface area (TPSA) is 22.1 Å². The summed E-state index contributed by atoms with van der Waals surface area (Å²) in [6.45, 7) is 8.15. The molecule has 0 radical (unpaired) electrons. The monoisotopic (exact) mass is 289 g/mol. The van der Waals surface area contributed by atoms with E-state index in [1.165, 1.54) is 0 Å². The lowest BCUT2D eigenvalue weighted by atomic mass is 9.93. The fraction of sp³-hybridized carbons (Fsp3) is 0.150. The third-order valence-corrected chi connectivity index (χ3v) is 3.87. The minimum Gasteiger partial charge on any atom is -0.497 e. The fourth-order valence-corrected chi connectivity index (χ4v) is 2.79. The number of aromatic nitrogens is 1. The molecule has 3 rings (SSSR count). The van der Waals surface area contributed by atoms with Gasteiger partial charge in [0.2, 0.25) is 0 Å². The number of hydrogen-bond acceptors (Lipinski definition) is 2. The average Bonchev–Trinajstić information content (AvgIpc) is 2.54. The number of allylic oxidation sites excluding steroid dienone is 1. The van der Waals surface area contributed by atoms with Gasteiger partial charge in [0.1, 0.15) is 5.75 Å². The van der Waals surface area contributed by atoms with Gasteiger partial charge in [0.15, 0.2) is 0 Å². The van der Waals surface area contributed by atoms with Gasteiger partial charge in [-0.3, -0.25) is 4.98 Å². The van der Waals surface area contributed by atoms with Crippen LogP contribution in [0, 0.1) is 6.92 Å². The first-order valence-corrected chi connectivity index (χ1v) is 7.31. The quantitative estimate of drug-likeness (QED) is 0.656. The number of fused-ring (bicyclic) bond motifs is 1. The van der Waals surface area contributed by atoms with E-state index in [0.29, 0.717) is 0 Å². The van der Waals surface area contributed by atoms with Crippen molar-refractivity contribution in [1.82, 2.24) is 4.98 Å². The zero-order chi connectivity index (χ0) is 15.7. The predicted molar refractivity (Wildman–Crippen MR) is 93.2 cm³/mol. The number of nitrogens with zero attached hydrogens (tertiary/aromatic N) is 1. The van der Waals surface area contributed by atoms with Crippen molar-refractivity contribution in [2.24, 2.45) is 0 Å². The Bertz CT molecular complexity index is 850. The van der Waals surface area contributed by atoms with Crippen molar-refractivity contribution >= 4 is 16.3 Å². The zero-order valence-electron chi connectivity index (χ0n) is 13.2. The molecule has 2 heteroatoms. The molecule has 1 aromatic heterocycles. The molecule has 0 saturated heterocycles. The molecule has 110 valence electrons. The summed E-state index contributed by atoms with van der Waals surface area (Å²) in [5, 5.41) is 2.29. The first-order valence-electron chi connectivity index (χ1n) is 7.31. The summed E-state index contributed by atoms with van der Waals surface area (Å²) in [6, 6.07) is 16.5. The summed E-state index contributed by atoms with van der Waals surface area (Å²) in [7, 11) is 1.69. The van der Waals surface area contributed by atoms with Gasteiger partial charge in [0.05, 0.1) is 12.8 Å². The van der Waals surface area contributed by atoms with Crippen LogP contribution in [0.4, 0.5) is 0 Å². The fourth-order valence-electron chi connectivity index (χ4n) is 2.79. The maximum atomic E-state index is 5.41. The smallest absolute Gasteiger partial charge is 0.119 e. The van der Waals surface area contributed by atoms with E-state index in [-0.39, 0.29) is 0 Å². The molecule has 0 saturated carbocycles. The highest BCUT2D eigenvalue weighted by molar-refractivity contribution is 6.02. The molecule has 0 spiro atoms. The Kier molecular flexibility index (Phi) is 3.68. The van der Waals surface area contributed by atoms with E-state index >= 15 is 0 Å². The van der Waals surface area contributed by atoms with Crippen LogP contribution in [-0.4, -0.2) is 12.1 Å². The standard InChI is InChI=1S/C20H19NO/c1-13(2)20-19(15-8-6-5-7-9-15)18-12-16(22-4)10-11-17(18)14(3)21-20/h5-12H,1H2,2-4H3. The van der Waals surface area contributed by atoms with Crippen LogP contribution in [0.25, 0.3) is 27.5 Å². The van der Waals surface area contributed by atoms with E-state index in [4.69, 9.17) is 9.72 Å². The number of pyridine rings is 1. The summed E-state index contributed by atoms with van der Waals surface area (Å²) in [5.74, 6) is 0.850. The Morgan fingerprint density at radius 2 is 1.77 bits per heavy atom. The summed E-state index contributed by atoms with van der Waals surface area (Å²) in [6.07, 6.45) is 0. The molecule has 1 heterocycles. The molecule has 3 aromatic rings. The molecule has 0 aliphatic heterocycles. The SMILES string of the molecule is C=C(C)c1nc(C)c2ccc(OC)cc2c1-c1ccccc1. The normalized spacial score (nSPS) is 10.7. The highest BCUT2D eigenvalue weighted by Crippen LogP contribution is 2.36. The van der Waals surface area contributed by atoms with E-state index in [1.54, 1.807) is 7.11 Å². The lowest BCUT2D eigenvalue weighted by Gasteiger charge is -2.15. The third kappa shape index (κ3) is 2.37. The number of aryl methyl sites for hydroxylation is 1. The molecule has 22 heavy (non-hydrogen) atoms. The summed E-state index contributed by atoms with van der Waals surface area (Å²) < 4.78 is 5.41. The largest absolute Gasteiger partial charge is 0.497 e. The Hall–Kier alpha value is -2.61. The first kappa shape index (κ1) is 14.3. The Morgan fingerprint density at radius 3 is 2.41 bits per heavy atom. The molecule has 0 unspecified atom stereocenters. The molecule has 0 N–H and O–H groups in total. The second kappa shape index (κ2) is 5.64. The predicted octanol–water partition coefficient (Wildman–Crippen LogP) is 5.25. The first-order chi connectivity index (χ1) is 10.6. The van der Waals surface area contributed by atoms with Crippen molar-refractivity contribution in [1.29, 1.82) is 0 Å². The van der Waals surface area contributed by atoms with Crippen LogP contribution in [0.1, 0.15) is 18.3 Å². The van der Waals surface area contributed by atoms with Gasteiger partial charge in [0.25, 0.3) is 0 Å². The second-order valence-electron chi connectivity index (χ2n) is 5.48. The minimum absolute atomic E-state index is 0.850. The van der Waals surface area contributed by atoms with Crippen molar-refractivity contribution in [3.63, 3.8) is 0 Å². The Labute approximate surface area is 131 Å². The van der Waals surface area contributed by atoms with Crippen LogP contribution < -0.4 is 4.74 Å². The van der Waals surface area contributed by atoms with Crippen LogP contribution in [0.5, 0.6) is 5.75 Å². The van der Waals surface area contributed by atoms with Crippen molar-refractivity contribution in [2.45, 2.75) is 13.8 Å². The van der Waals surface area contributed by atoms with Gasteiger partial charge in [-0.2, -0.15) is 0 Å². The molecule has 0 bridgehead atoms. The van der Waals surface area contributed by atoms with Crippen LogP contribution in [0.15, 0.2) is 55.1 Å². The molecule has 0 fully saturated rings. The van der Waals surface area contributed by atoms with Crippen LogP contribution in [-0.2, 0) is 0 Å². The van der Waals surface area contributed by atoms with Gasteiger partial charge >= 0.3 is 0 Å². The van der Waals surface area contributed by atoms with Crippen LogP contribution >= 0.6 is 0 Å². The second-order valence-corrected chi connectivity index (χ2v) is 5.48. The van der Waals surface area contributed by atoms with Gasteiger partial charge in [-0.05, 0) is 48.6 Å². The van der Waals surface area contributed by atoms with Gasteiger partial charge in [-0.1, -0.05) is 36.9 Å². The van der Waals surface area contributed by atoms with E-state index < -0.39 is 0 Å². The lowest BCUT2D eigenvalue weighted by Crippen LogP contribution is -1.97. The number of rotatable bonds is 3. The zero-order valence-corrected chi connectivity index (χ0v) is 13.2. The highest BCUT2D eigenvalue weighted by atomic mass is 16.5. The van der Waals surface area contributed by atoms with Crippen molar-refractivity contribution in [3.8, 4) is 16.9 Å². The highest BCUT2D eigenvalue weighted by Gasteiger charge is 2.15. The molecule has 2 aromatic carbocycles. The number of methoxy groups -OCH3 is 1. The summed E-state index contributed by atoms with van der Waals surface area (Å²) in [4.78, 5) is 4.79. The molecule has 0 amide bonds. The number of hydrogen-bond donors (Lipinski definition) is 0. The van der Waals surface area contributed by atoms with E-state index in [2.05, 4.69) is 30.8 Å². The van der Waals surface area contributed by atoms with Crippen LogP contribution in [0.3, 0.4) is 0 Å². The lowest BCUT2D eigenvalue weighted by molar-refractivity contribution is 0.415. The van der Waals surface area contributed by atoms with Crippen molar-refractivity contribution in [3.05, 3.63) is 66.5 Å². The maximum absolute atomic E-state index is 5.41. The average molecular weight is 289 g/mol. The van der Waals surface area contributed by atoms with Crippen molar-refractivity contribution in [2.75, 3.05) is 7.11 Å². The minimum atomic E-state index is 0.850. The molecule has 0 atom stereocenters. The van der Waals surface area contributed by atoms with Gasteiger partial charge in [0, 0.05) is 16.6 Å². The van der Waals surface area contributed by atoms with Gasteiger partial charge < -0.3 is 4.74 Å². The van der Waals surface area contributed by atoms with Crippen LogP contribution in [0.2, 0.25) is 0 Å². The summed E-state index contributed by atoms with van der Waals surface area (Å²) >= 11 is 0. The molecule has 0 aliphatic rings. The van der Waals surface area contributed by atoms with Gasteiger partial charge in [-0.15, -0.1) is 0 Å². The Morgan fingerprint density at radius 1 is 1.05 bits per heavy atom. The molecule has 0 aliphatic carbocycles. The van der Waals surface area contributed by atoms with E-state index in [0.717, 1.165) is 44.6 Å². The molecular weight excluding hydrogens is 270 g/mol. The van der Waals surface area contributed by atoms with Gasteiger partial charge in [-0.25, -0.2) is 0 Å². The molecule has 2 nitrogen and oxygen atoms in total. The van der Waals surface area contributed by atoms with Crippen molar-refractivity contribution < 1.29 is 4.74 Å². The number of ether oxygens (including phenoxy) is 1. The van der Waals surface area contributed by atoms with E-state index in [9.17, 15) is 0 Å². The summed E-state index contributed by atoms with van der Waals surface area (Å²) in [5.41, 5.74) is 5.19.